The van der Waals surface area contributed by atoms with Gasteiger partial charge in [0.05, 0.1) is 42.6 Å². The minimum atomic E-state index is -2.30. The highest BCUT2D eigenvalue weighted by Crippen LogP contribution is 2.75. The summed E-state index contributed by atoms with van der Waals surface area (Å²) in [6, 6.07) is 2.24. The van der Waals surface area contributed by atoms with Crippen molar-refractivity contribution in [1.29, 1.82) is 0 Å². The van der Waals surface area contributed by atoms with E-state index in [9.17, 15) is 35.1 Å². The zero-order chi connectivity index (χ0) is 44.9. The normalized spacial score (nSPS) is 46.9. The number of fused-ring (bicyclic) bond motifs is 4. The Kier molecular flexibility index (Phi) is 9.59. The number of carboxylic acids is 1. The second-order valence-corrected chi connectivity index (χ2v) is 21.7. The Labute approximate surface area is 379 Å². The number of H-pyrrole nitrogens is 1. The Morgan fingerprint density at radius 3 is 2.69 bits per heavy atom. The van der Waals surface area contributed by atoms with E-state index in [1.54, 1.807) is 0 Å². The minimum absolute atomic E-state index is 0.0000820. The number of hydrogen-bond acceptors (Lipinski definition) is 11. The Balaban J connectivity index is 1.13. The Morgan fingerprint density at radius 1 is 1.08 bits per heavy atom. The fourth-order valence-electron chi connectivity index (χ4n) is 15.9. The summed E-state index contributed by atoms with van der Waals surface area (Å²) < 4.78 is 36.0. The standard InChI is InChI=1S/C52H63NO12/c1-28(30-9-4-3-5-10-30)38-23-35-37-16-21-49(60)46(59)50(37)51-41-17-19-47(51,18-7-8-29(27-54)22-39(63-50)43(35)53-38)26-40(55)52(49,65-51)64-44-33-12-6-11-31-13-14-32(62-41)15-20-48(31,44)25-36(45(58)61-2)34(33)24-42(56)57/h6,12,15,20,23,25,28-34,40-41,44,46,53-55,59-60H,3-5,8-11,13-14,16-17,19,21-22,24,26-27H2,1-2H3,(H,56,57). The maximum Gasteiger partial charge on any atom is 0.333 e. The first kappa shape index (κ1) is 42.6. The van der Waals surface area contributed by atoms with Gasteiger partial charge in [-0.2, -0.15) is 0 Å². The van der Waals surface area contributed by atoms with Gasteiger partial charge < -0.3 is 54.2 Å². The maximum atomic E-state index is 13.9. The lowest BCUT2D eigenvalue weighted by molar-refractivity contribution is -0.507. The van der Waals surface area contributed by atoms with Crippen LogP contribution in [0.5, 0.6) is 0 Å². The van der Waals surface area contributed by atoms with Crippen LogP contribution < -0.4 is 10.6 Å². The second-order valence-electron chi connectivity index (χ2n) is 21.7. The molecule has 6 heterocycles. The third kappa shape index (κ3) is 5.36. The number of nitrogens with one attached hydrogen (secondary N) is 1. The molecule has 12 rings (SSSR count). The van der Waals surface area contributed by atoms with Gasteiger partial charge in [-0.3, -0.25) is 4.79 Å². The van der Waals surface area contributed by atoms with E-state index >= 15 is 0 Å². The Morgan fingerprint density at radius 2 is 1.91 bits per heavy atom. The van der Waals surface area contributed by atoms with Gasteiger partial charge in [-0.25, -0.2) is 4.79 Å². The number of aliphatic carboxylic acids is 1. The molecule has 3 spiro atoms. The van der Waals surface area contributed by atoms with Crippen molar-refractivity contribution < 1.29 is 58.8 Å². The number of aromatic amines is 1. The molecule has 6 aliphatic carbocycles. The molecule has 11 aliphatic rings. The minimum Gasteiger partial charge on any atom is -0.481 e. The molecule has 5 aliphatic heterocycles. The highest BCUT2D eigenvalue weighted by Gasteiger charge is 2.91. The van der Waals surface area contributed by atoms with Crippen LogP contribution in [0.4, 0.5) is 0 Å². The highest BCUT2D eigenvalue weighted by molar-refractivity contribution is 5.90. The number of aliphatic hydroxyl groups excluding tert-OH is 3. The van der Waals surface area contributed by atoms with Crippen LogP contribution in [0, 0.1) is 52.3 Å². The zero-order valence-corrected chi connectivity index (χ0v) is 37.4. The zero-order valence-electron chi connectivity index (χ0n) is 37.4. The average molecular weight is 894 g/mol. The molecule has 2 saturated heterocycles. The van der Waals surface area contributed by atoms with Crippen LogP contribution in [0.1, 0.15) is 121 Å². The SMILES string of the molecule is COC(=O)C1=CC23C=CC4CCC2CC=CC(C1CC(=O)O)C3OC12OC35C(CCC3(C#CCC(CO)CC3=c6[nH]c(C(C)C7CCCCC7)cc6=C6CCC1(O)C(O)C65O3)CC2O)O4. The van der Waals surface area contributed by atoms with E-state index in [2.05, 4.69) is 35.9 Å². The molecule has 16 unspecified atom stereocenters. The number of ether oxygens (including phenoxy) is 5. The topological polar surface area (TPSA) is 197 Å². The van der Waals surface area contributed by atoms with Gasteiger partial charge in [-0.1, -0.05) is 62.5 Å². The molecule has 0 aromatic carbocycles. The number of carbonyl (C=O) groups is 2. The molecule has 0 amide bonds. The summed E-state index contributed by atoms with van der Waals surface area (Å²) >= 11 is 0. The monoisotopic (exact) mass is 893 g/mol. The predicted molar refractivity (Wildman–Crippen MR) is 233 cm³/mol. The average Bonchev–Trinajstić information content (AvgIpc) is 3.78. The van der Waals surface area contributed by atoms with Crippen molar-refractivity contribution >= 4 is 23.3 Å². The number of esters is 1. The van der Waals surface area contributed by atoms with Gasteiger partial charge in [-0.05, 0) is 99.5 Å². The molecule has 8 bridgehead atoms. The fourth-order valence-corrected chi connectivity index (χ4v) is 15.9. The highest BCUT2D eigenvalue weighted by atomic mass is 16.8. The lowest BCUT2D eigenvalue weighted by Crippen LogP contribution is -2.93. The van der Waals surface area contributed by atoms with Crippen molar-refractivity contribution in [1.82, 2.24) is 4.98 Å². The van der Waals surface area contributed by atoms with Crippen LogP contribution in [0.15, 0.2) is 42.0 Å². The summed E-state index contributed by atoms with van der Waals surface area (Å²) in [5.74, 6) is 2.34. The molecule has 1 aromatic rings. The summed E-state index contributed by atoms with van der Waals surface area (Å²) in [6.45, 7) is 2.16. The summed E-state index contributed by atoms with van der Waals surface area (Å²) in [5.41, 5.74) is -5.83. The van der Waals surface area contributed by atoms with Crippen LogP contribution in [-0.4, -0.2) is 109 Å². The largest absolute Gasteiger partial charge is 0.481 e. The smallest absolute Gasteiger partial charge is 0.333 e. The van der Waals surface area contributed by atoms with Crippen molar-refractivity contribution in [2.45, 2.75) is 169 Å². The van der Waals surface area contributed by atoms with E-state index in [4.69, 9.17) is 23.7 Å². The van der Waals surface area contributed by atoms with Gasteiger partial charge in [0.2, 0.25) is 5.79 Å². The summed E-state index contributed by atoms with van der Waals surface area (Å²) in [7, 11) is 1.29. The third-order valence-electron chi connectivity index (χ3n) is 19.0. The number of methoxy groups -OCH3 is 1. The molecule has 5 fully saturated rings. The van der Waals surface area contributed by atoms with Gasteiger partial charge in [0.15, 0.2) is 16.8 Å². The molecule has 0 radical (unpaired) electrons. The van der Waals surface area contributed by atoms with Crippen LogP contribution >= 0.6 is 0 Å². The Hall–Kier alpha value is -3.74. The van der Waals surface area contributed by atoms with E-state index in [-0.39, 0.29) is 49.2 Å². The molecule has 3 saturated carbocycles. The summed E-state index contributed by atoms with van der Waals surface area (Å²) in [6.07, 6.45) is 13.7. The quantitative estimate of drug-likeness (QED) is 0.137. The lowest BCUT2D eigenvalue weighted by atomic mass is 9.46. The van der Waals surface area contributed by atoms with Crippen LogP contribution in [-0.2, 0) is 33.3 Å². The molecule has 13 nitrogen and oxygen atoms in total. The fraction of sp³-hybridized carbons (Fsp3) is 0.692. The van der Waals surface area contributed by atoms with E-state index < -0.39 is 94.1 Å². The van der Waals surface area contributed by atoms with E-state index in [1.165, 1.54) is 26.4 Å². The molecular weight excluding hydrogens is 831 g/mol. The van der Waals surface area contributed by atoms with Crippen molar-refractivity contribution in [3.8, 4) is 11.8 Å². The summed E-state index contributed by atoms with van der Waals surface area (Å²) in [5, 5.41) is 63.8. The van der Waals surface area contributed by atoms with Crippen LogP contribution in [0.2, 0.25) is 0 Å². The van der Waals surface area contributed by atoms with Crippen LogP contribution in [0.3, 0.4) is 0 Å². The first-order valence-corrected chi connectivity index (χ1v) is 24.6. The van der Waals surface area contributed by atoms with Crippen LogP contribution in [0.25, 0.3) is 11.3 Å². The predicted octanol–water partition coefficient (Wildman–Crippen LogP) is 3.91. The van der Waals surface area contributed by atoms with Crippen molar-refractivity contribution in [2.24, 2.45) is 40.4 Å². The first-order chi connectivity index (χ1) is 31.3. The van der Waals surface area contributed by atoms with Crippen molar-refractivity contribution in [3.05, 3.63) is 58.3 Å². The van der Waals surface area contributed by atoms with E-state index in [0.29, 0.717) is 56.6 Å². The first-order valence-electron chi connectivity index (χ1n) is 24.6. The lowest BCUT2D eigenvalue weighted by Gasteiger charge is -2.74. The van der Waals surface area contributed by atoms with E-state index in [0.717, 1.165) is 34.7 Å². The number of rotatable bonds is 6. The molecule has 1 aromatic heterocycles. The number of carbonyl (C=O) groups excluding carboxylic acids is 1. The van der Waals surface area contributed by atoms with E-state index in [1.807, 2.05) is 24.3 Å². The molecule has 6 N–H and O–H groups in total. The molecule has 16 atom stereocenters. The van der Waals surface area contributed by atoms with Gasteiger partial charge in [0.25, 0.3) is 0 Å². The summed E-state index contributed by atoms with van der Waals surface area (Å²) in [4.78, 5) is 30.3. The van der Waals surface area contributed by atoms with Gasteiger partial charge in [-0.15, -0.1) is 5.92 Å². The van der Waals surface area contributed by atoms with Gasteiger partial charge in [0, 0.05) is 53.2 Å². The number of carboxylic acid groups (broad SMARTS) is 1. The van der Waals surface area contributed by atoms with Crippen molar-refractivity contribution in [3.63, 3.8) is 0 Å². The number of aromatic nitrogens is 1. The van der Waals surface area contributed by atoms with Crippen molar-refractivity contribution in [2.75, 3.05) is 13.7 Å². The van der Waals surface area contributed by atoms with Gasteiger partial charge in [0.1, 0.15) is 18.0 Å². The molecule has 13 heteroatoms. The molecule has 348 valence electrons. The number of aliphatic hydroxyl groups is 4. The third-order valence-corrected chi connectivity index (χ3v) is 19.0. The second kappa shape index (κ2) is 14.6. The number of hydrogen-bond donors (Lipinski definition) is 6. The Bertz CT molecular complexity index is 2490. The molecular formula is C52H63NO12. The van der Waals surface area contributed by atoms with Gasteiger partial charge >= 0.3 is 11.9 Å². The molecule has 65 heavy (non-hydrogen) atoms. The number of allylic oxidation sites excluding steroid dienone is 1. The maximum absolute atomic E-state index is 13.9.